The van der Waals surface area contributed by atoms with E-state index in [2.05, 4.69) is 25.5 Å². The zero-order valence-electron chi connectivity index (χ0n) is 22.7. The van der Waals surface area contributed by atoms with Crippen molar-refractivity contribution in [2.45, 2.75) is 38.7 Å². The first kappa shape index (κ1) is 27.5. The Hall–Kier alpha value is -4.09. The predicted octanol–water partition coefficient (Wildman–Crippen LogP) is 4.58. The number of amides is 2. The van der Waals surface area contributed by atoms with Crippen LogP contribution in [0.5, 0.6) is 0 Å². The van der Waals surface area contributed by atoms with Gasteiger partial charge in [-0.15, -0.1) is 0 Å². The Kier molecular flexibility index (Phi) is 8.51. The van der Waals surface area contributed by atoms with Crippen molar-refractivity contribution in [3.05, 3.63) is 71.4 Å². The Balaban J connectivity index is 1.29. The highest BCUT2D eigenvalue weighted by Gasteiger charge is 2.23. The van der Waals surface area contributed by atoms with E-state index >= 15 is 0 Å². The Bertz CT molecular complexity index is 1360. The van der Waals surface area contributed by atoms with Crippen molar-refractivity contribution in [1.29, 1.82) is 0 Å². The molecule has 40 heavy (non-hydrogen) atoms. The SMILES string of the molecule is CON(C(=O)c1cc(NC(=O)c2cc(F)cc(N3CCCC3)c2)cnc1C)c1ccc(NCC2CCCO2)nc1. The number of anilines is 4. The summed E-state index contributed by atoms with van der Waals surface area (Å²) < 4.78 is 20.0. The molecule has 5 rings (SSSR count). The van der Waals surface area contributed by atoms with Gasteiger partial charge >= 0.3 is 0 Å². The number of pyridine rings is 2. The Morgan fingerprint density at radius 1 is 1.12 bits per heavy atom. The molecule has 10 nitrogen and oxygen atoms in total. The third-order valence-electron chi connectivity index (χ3n) is 7.08. The van der Waals surface area contributed by atoms with E-state index in [-0.39, 0.29) is 17.2 Å². The molecule has 11 heteroatoms. The molecule has 3 aromatic rings. The maximum atomic E-state index is 14.3. The van der Waals surface area contributed by atoms with E-state index in [4.69, 9.17) is 9.57 Å². The largest absolute Gasteiger partial charge is 0.376 e. The van der Waals surface area contributed by atoms with Crippen molar-refractivity contribution < 1.29 is 23.6 Å². The number of carbonyl (C=O) groups is 2. The Morgan fingerprint density at radius 3 is 2.65 bits per heavy atom. The molecule has 2 aliphatic rings. The van der Waals surface area contributed by atoms with Crippen LogP contribution in [0.2, 0.25) is 0 Å². The monoisotopic (exact) mass is 548 g/mol. The lowest BCUT2D eigenvalue weighted by molar-refractivity contribution is 0.0771. The summed E-state index contributed by atoms with van der Waals surface area (Å²) in [5.41, 5.74) is 2.28. The van der Waals surface area contributed by atoms with Crippen molar-refractivity contribution in [1.82, 2.24) is 9.97 Å². The predicted molar refractivity (Wildman–Crippen MR) is 150 cm³/mol. The second kappa shape index (κ2) is 12.4. The molecule has 2 aliphatic heterocycles. The van der Waals surface area contributed by atoms with Crippen LogP contribution in [-0.2, 0) is 9.57 Å². The number of nitrogens with one attached hydrogen (secondary N) is 2. The number of halogens is 1. The second-order valence-corrected chi connectivity index (χ2v) is 9.90. The molecule has 210 valence electrons. The molecule has 2 amide bonds. The average Bonchev–Trinajstić information content (AvgIpc) is 3.69. The summed E-state index contributed by atoms with van der Waals surface area (Å²) in [4.78, 5) is 42.6. The van der Waals surface area contributed by atoms with Crippen LogP contribution in [0.25, 0.3) is 0 Å². The molecule has 1 aromatic carbocycles. The van der Waals surface area contributed by atoms with Gasteiger partial charge in [-0.3, -0.25) is 19.4 Å². The second-order valence-electron chi connectivity index (χ2n) is 9.90. The quantitative estimate of drug-likeness (QED) is 0.374. The number of hydrogen-bond donors (Lipinski definition) is 2. The van der Waals surface area contributed by atoms with Crippen molar-refractivity contribution in [3.63, 3.8) is 0 Å². The molecule has 2 fully saturated rings. The number of carbonyl (C=O) groups excluding carboxylic acids is 2. The zero-order chi connectivity index (χ0) is 28.1. The van der Waals surface area contributed by atoms with Crippen molar-refractivity contribution in [2.24, 2.45) is 0 Å². The Labute approximate surface area is 232 Å². The number of aryl methyl sites for hydroxylation is 1. The zero-order valence-corrected chi connectivity index (χ0v) is 22.7. The first-order valence-corrected chi connectivity index (χ1v) is 13.4. The molecule has 2 N–H and O–H groups in total. The van der Waals surface area contributed by atoms with Crippen LogP contribution < -0.4 is 20.6 Å². The molecule has 0 aliphatic carbocycles. The highest BCUT2D eigenvalue weighted by Crippen LogP contribution is 2.25. The summed E-state index contributed by atoms with van der Waals surface area (Å²) in [6, 6.07) is 9.33. The number of benzene rings is 1. The number of aromatic nitrogens is 2. The van der Waals surface area contributed by atoms with E-state index in [9.17, 15) is 14.0 Å². The van der Waals surface area contributed by atoms with Gasteiger partial charge in [0.05, 0.1) is 48.2 Å². The van der Waals surface area contributed by atoms with E-state index < -0.39 is 17.6 Å². The van der Waals surface area contributed by atoms with Crippen LogP contribution >= 0.6 is 0 Å². The molecule has 2 aromatic heterocycles. The summed E-state index contributed by atoms with van der Waals surface area (Å²) in [5, 5.41) is 7.10. The first-order chi connectivity index (χ1) is 19.4. The lowest BCUT2D eigenvalue weighted by atomic mass is 10.1. The van der Waals surface area contributed by atoms with Gasteiger partial charge in [0.25, 0.3) is 11.8 Å². The van der Waals surface area contributed by atoms with E-state index in [1.54, 1.807) is 25.1 Å². The summed E-state index contributed by atoms with van der Waals surface area (Å²) in [7, 11) is 1.39. The van der Waals surface area contributed by atoms with Crippen LogP contribution in [0.1, 0.15) is 52.1 Å². The maximum Gasteiger partial charge on any atom is 0.284 e. The van der Waals surface area contributed by atoms with Crippen LogP contribution in [-0.4, -0.2) is 61.2 Å². The number of hydroxylamine groups is 1. The van der Waals surface area contributed by atoms with Gasteiger partial charge in [0.15, 0.2) is 0 Å². The molecule has 2 saturated heterocycles. The highest BCUT2D eigenvalue weighted by molar-refractivity contribution is 6.08. The third kappa shape index (κ3) is 6.37. The third-order valence-corrected chi connectivity index (χ3v) is 7.08. The van der Waals surface area contributed by atoms with Crippen molar-refractivity contribution in [2.75, 3.05) is 53.9 Å². The van der Waals surface area contributed by atoms with E-state index in [0.29, 0.717) is 35.1 Å². The van der Waals surface area contributed by atoms with Gasteiger partial charge in [-0.05, 0) is 69.0 Å². The minimum atomic E-state index is -0.497. The van der Waals surface area contributed by atoms with Crippen molar-refractivity contribution in [3.8, 4) is 0 Å². The lowest BCUT2D eigenvalue weighted by Crippen LogP contribution is -2.31. The van der Waals surface area contributed by atoms with Crippen LogP contribution in [0.3, 0.4) is 0 Å². The molecule has 1 unspecified atom stereocenters. The average molecular weight is 549 g/mol. The standard InChI is InChI=1S/C29H33FN6O4/c1-19-26(29(38)36(39-2)23-7-8-27(32-17-23)33-18-25-6-5-11-40-25)15-22(16-31-19)34-28(37)20-12-21(30)14-24(13-20)35-9-3-4-10-35/h7-8,12-17,25H,3-6,9-11,18H2,1-2H3,(H,32,33)(H,34,37). The van der Waals surface area contributed by atoms with Gasteiger partial charge in [-0.2, -0.15) is 5.06 Å². The fourth-order valence-corrected chi connectivity index (χ4v) is 4.93. The summed E-state index contributed by atoms with van der Waals surface area (Å²) >= 11 is 0. The van der Waals surface area contributed by atoms with Gasteiger partial charge in [0.2, 0.25) is 0 Å². The molecule has 0 spiro atoms. The van der Waals surface area contributed by atoms with Gasteiger partial charge in [0.1, 0.15) is 11.6 Å². The van der Waals surface area contributed by atoms with Gasteiger partial charge in [-0.25, -0.2) is 9.37 Å². The van der Waals surface area contributed by atoms with E-state index in [1.807, 2.05) is 0 Å². The van der Waals surface area contributed by atoms with Gasteiger partial charge in [0, 0.05) is 37.5 Å². The fraction of sp³-hybridized carbons (Fsp3) is 0.379. The maximum absolute atomic E-state index is 14.3. The molecule has 1 atom stereocenters. The van der Waals surface area contributed by atoms with Gasteiger partial charge in [-0.1, -0.05) is 0 Å². The summed E-state index contributed by atoms with van der Waals surface area (Å²) in [6.45, 7) is 4.80. The number of nitrogens with zero attached hydrogens (tertiary/aromatic N) is 4. The number of ether oxygens (including phenoxy) is 1. The van der Waals surface area contributed by atoms with Crippen LogP contribution in [0.15, 0.2) is 48.8 Å². The van der Waals surface area contributed by atoms with Crippen molar-refractivity contribution >= 4 is 34.7 Å². The lowest BCUT2D eigenvalue weighted by Gasteiger charge is -2.21. The summed E-state index contributed by atoms with van der Waals surface area (Å²) in [6.07, 6.45) is 7.33. The highest BCUT2D eigenvalue weighted by atomic mass is 19.1. The fourth-order valence-electron chi connectivity index (χ4n) is 4.93. The topological polar surface area (TPSA) is 109 Å². The number of rotatable bonds is 9. The molecule has 0 bridgehead atoms. The van der Waals surface area contributed by atoms with Crippen LogP contribution in [0, 0.1) is 12.7 Å². The Morgan fingerprint density at radius 2 is 1.95 bits per heavy atom. The molecule has 0 saturated carbocycles. The summed E-state index contributed by atoms with van der Waals surface area (Å²) in [5.74, 6) is -0.796. The minimum Gasteiger partial charge on any atom is -0.376 e. The molecular formula is C29H33FN6O4. The minimum absolute atomic E-state index is 0.176. The molecule has 0 radical (unpaired) electrons. The smallest absolute Gasteiger partial charge is 0.284 e. The molecular weight excluding hydrogens is 515 g/mol. The van der Waals surface area contributed by atoms with Crippen LogP contribution in [0.4, 0.5) is 27.3 Å². The first-order valence-electron chi connectivity index (χ1n) is 13.4. The normalized spacial score (nSPS) is 16.7. The molecule has 4 heterocycles. The number of hydrogen-bond acceptors (Lipinski definition) is 8. The van der Waals surface area contributed by atoms with E-state index in [0.717, 1.165) is 50.4 Å². The van der Waals surface area contributed by atoms with Gasteiger partial charge < -0.3 is 20.3 Å². The van der Waals surface area contributed by atoms with E-state index in [1.165, 1.54) is 37.7 Å².